The molecule has 21 heavy (non-hydrogen) atoms. The lowest BCUT2D eigenvalue weighted by molar-refractivity contribution is -0.143. The molecule has 0 spiro atoms. The van der Waals surface area contributed by atoms with E-state index in [9.17, 15) is 18.0 Å². The average molecular weight is 324 g/mol. The van der Waals surface area contributed by atoms with Crippen LogP contribution in [0.25, 0.3) is 0 Å². The predicted octanol–water partition coefficient (Wildman–Crippen LogP) is 0.337. The minimum Gasteiger partial charge on any atom is -0.466 e. The summed E-state index contributed by atoms with van der Waals surface area (Å²) in [6.07, 6.45) is 1.57. The van der Waals surface area contributed by atoms with Gasteiger partial charge >= 0.3 is 12.1 Å². The number of carbonyl (C=O) groups is 2. The van der Waals surface area contributed by atoms with Crippen molar-refractivity contribution in [1.29, 1.82) is 0 Å². The monoisotopic (exact) mass is 324 g/mol. The Morgan fingerprint density at radius 1 is 1.19 bits per heavy atom. The molecular formula is C12H24N2O6S. The van der Waals surface area contributed by atoms with E-state index >= 15 is 0 Å². The topological polar surface area (TPSA) is 102 Å². The van der Waals surface area contributed by atoms with E-state index in [-0.39, 0.29) is 24.7 Å². The largest absolute Gasteiger partial charge is 0.466 e. The second-order valence-electron chi connectivity index (χ2n) is 4.47. The third kappa shape index (κ3) is 12.1. The van der Waals surface area contributed by atoms with E-state index < -0.39 is 15.9 Å². The first-order chi connectivity index (χ1) is 9.76. The van der Waals surface area contributed by atoms with Gasteiger partial charge in [0.25, 0.3) is 0 Å². The summed E-state index contributed by atoms with van der Waals surface area (Å²) in [6.45, 7) is 2.52. The number of rotatable bonds is 10. The standard InChI is InChI=1S/C12H24N2O6S/c1-4-19-11(15)7-5-9-20-12(16)14(2)13-8-6-10-21(3,17)18/h13H,4-10H2,1-3H3. The Morgan fingerprint density at radius 2 is 1.86 bits per heavy atom. The van der Waals surface area contributed by atoms with Gasteiger partial charge in [-0.15, -0.1) is 0 Å². The second kappa shape index (κ2) is 10.4. The fourth-order valence-electron chi connectivity index (χ4n) is 1.35. The summed E-state index contributed by atoms with van der Waals surface area (Å²) in [5.41, 5.74) is 2.73. The van der Waals surface area contributed by atoms with E-state index in [4.69, 9.17) is 9.47 Å². The smallest absolute Gasteiger partial charge is 0.423 e. The van der Waals surface area contributed by atoms with Crippen molar-refractivity contribution in [2.24, 2.45) is 0 Å². The zero-order valence-electron chi connectivity index (χ0n) is 12.8. The number of hydrogen-bond acceptors (Lipinski definition) is 7. The second-order valence-corrected chi connectivity index (χ2v) is 6.73. The molecule has 1 amide bonds. The molecule has 0 aromatic carbocycles. The maximum atomic E-state index is 11.5. The zero-order valence-corrected chi connectivity index (χ0v) is 13.6. The SMILES string of the molecule is CCOC(=O)CCCOC(=O)N(C)NCCCS(C)(=O)=O. The lowest BCUT2D eigenvalue weighted by Crippen LogP contribution is -2.40. The van der Waals surface area contributed by atoms with Gasteiger partial charge in [-0.25, -0.2) is 23.6 Å². The van der Waals surface area contributed by atoms with Crippen molar-refractivity contribution in [3.05, 3.63) is 0 Å². The molecule has 0 aromatic rings. The van der Waals surface area contributed by atoms with E-state index in [1.54, 1.807) is 6.92 Å². The average Bonchev–Trinajstić information content (AvgIpc) is 2.38. The molecule has 1 N–H and O–H groups in total. The molecule has 9 heteroatoms. The van der Waals surface area contributed by atoms with E-state index in [0.717, 1.165) is 11.3 Å². The Kier molecular flexibility index (Phi) is 9.72. The summed E-state index contributed by atoms with van der Waals surface area (Å²) in [5, 5.41) is 1.15. The summed E-state index contributed by atoms with van der Waals surface area (Å²) < 4.78 is 31.5. The number of amides is 1. The van der Waals surface area contributed by atoms with Crippen LogP contribution in [-0.4, -0.2) is 64.3 Å². The van der Waals surface area contributed by atoms with Crippen LogP contribution in [0.5, 0.6) is 0 Å². The van der Waals surface area contributed by atoms with Gasteiger partial charge in [0, 0.05) is 26.3 Å². The highest BCUT2D eigenvalue weighted by atomic mass is 32.2. The van der Waals surface area contributed by atoms with Crippen LogP contribution in [0.15, 0.2) is 0 Å². The first-order valence-corrected chi connectivity index (χ1v) is 8.79. The van der Waals surface area contributed by atoms with Crippen LogP contribution in [0.1, 0.15) is 26.2 Å². The predicted molar refractivity (Wildman–Crippen MR) is 77.3 cm³/mol. The summed E-state index contributed by atoms with van der Waals surface area (Å²) in [5.74, 6) is -0.261. The van der Waals surface area contributed by atoms with Crippen LogP contribution in [0.3, 0.4) is 0 Å². The van der Waals surface area contributed by atoms with Crippen molar-refractivity contribution >= 4 is 21.9 Å². The highest BCUT2D eigenvalue weighted by molar-refractivity contribution is 7.90. The van der Waals surface area contributed by atoms with Crippen molar-refractivity contribution in [2.75, 3.05) is 38.8 Å². The molecule has 0 radical (unpaired) electrons. The Bertz CT molecular complexity index is 423. The van der Waals surface area contributed by atoms with Gasteiger partial charge in [0.15, 0.2) is 0 Å². The minimum absolute atomic E-state index is 0.0580. The highest BCUT2D eigenvalue weighted by Gasteiger charge is 2.10. The highest BCUT2D eigenvalue weighted by Crippen LogP contribution is 1.96. The number of ether oxygens (including phenoxy) is 2. The third-order valence-corrected chi connectivity index (χ3v) is 3.40. The van der Waals surface area contributed by atoms with Gasteiger partial charge in [-0.3, -0.25) is 4.79 Å². The fourth-order valence-corrected chi connectivity index (χ4v) is 2.02. The van der Waals surface area contributed by atoms with Gasteiger partial charge in [-0.05, 0) is 19.8 Å². The Morgan fingerprint density at radius 3 is 2.43 bits per heavy atom. The van der Waals surface area contributed by atoms with Gasteiger partial charge in [-0.2, -0.15) is 0 Å². The quantitative estimate of drug-likeness (QED) is 0.351. The van der Waals surface area contributed by atoms with Gasteiger partial charge < -0.3 is 9.47 Å². The summed E-state index contributed by atoms with van der Waals surface area (Å²) in [6, 6.07) is 0. The normalized spacial score (nSPS) is 11.0. The van der Waals surface area contributed by atoms with Crippen LogP contribution in [0.2, 0.25) is 0 Å². The van der Waals surface area contributed by atoms with Crippen molar-refractivity contribution in [2.45, 2.75) is 26.2 Å². The number of carbonyl (C=O) groups excluding carboxylic acids is 2. The van der Waals surface area contributed by atoms with Crippen LogP contribution >= 0.6 is 0 Å². The molecule has 0 rings (SSSR count). The number of nitrogens with zero attached hydrogens (tertiary/aromatic N) is 1. The van der Waals surface area contributed by atoms with E-state index in [1.807, 2.05) is 0 Å². The Hall–Kier alpha value is -1.35. The molecule has 0 heterocycles. The van der Waals surface area contributed by atoms with Gasteiger partial charge in [-0.1, -0.05) is 0 Å². The molecule has 0 aliphatic carbocycles. The fraction of sp³-hybridized carbons (Fsp3) is 0.833. The molecule has 0 aromatic heterocycles. The van der Waals surface area contributed by atoms with E-state index in [0.29, 0.717) is 26.0 Å². The lowest BCUT2D eigenvalue weighted by atomic mass is 10.3. The van der Waals surface area contributed by atoms with Crippen molar-refractivity contribution in [3.63, 3.8) is 0 Å². The maximum Gasteiger partial charge on any atom is 0.423 e. The molecule has 8 nitrogen and oxygen atoms in total. The van der Waals surface area contributed by atoms with E-state index in [1.165, 1.54) is 7.05 Å². The van der Waals surface area contributed by atoms with Crippen LogP contribution in [0, 0.1) is 0 Å². The van der Waals surface area contributed by atoms with Gasteiger partial charge in [0.1, 0.15) is 9.84 Å². The van der Waals surface area contributed by atoms with E-state index in [2.05, 4.69) is 5.43 Å². The van der Waals surface area contributed by atoms with Crippen LogP contribution < -0.4 is 5.43 Å². The molecular weight excluding hydrogens is 300 g/mol. The summed E-state index contributed by atoms with van der Waals surface area (Å²) in [4.78, 5) is 22.6. The zero-order chi connectivity index (χ0) is 16.3. The molecule has 0 aliphatic heterocycles. The molecule has 0 bridgehead atoms. The number of esters is 1. The Labute approximate surface area is 125 Å². The molecule has 0 unspecified atom stereocenters. The summed E-state index contributed by atoms with van der Waals surface area (Å²) >= 11 is 0. The number of nitrogens with one attached hydrogen (secondary N) is 1. The lowest BCUT2D eigenvalue weighted by Gasteiger charge is -2.17. The van der Waals surface area contributed by atoms with Gasteiger partial charge in [0.05, 0.1) is 19.0 Å². The van der Waals surface area contributed by atoms with Crippen LogP contribution in [-0.2, 0) is 24.1 Å². The third-order valence-electron chi connectivity index (χ3n) is 2.37. The van der Waals surface area contributed by atoms with Crippen molar-refractivity contribution < 1.29 is 27.5 Å². The molecule has 0 atom stereocenters. The first-order valence-electron chi connectivity index (χ1n) is 6.73. The summed E-state index contributed by atoms with van der Waals surface area (Å²) in [7, 11) is -1.51. The first kappa shape index (κ1) is 19.7. The molecule has 0 aliphatic rings. The number of sulfone groups is 1. The van der Waals surface area contributed by atoms with Crippen LogP contribution in [0.4, 0.5) is 4.79 Å². The Balaban J connectivity index is 3.68. The van der Waals surface area contributed by atoms with Crippen molar-refractivity contribution in [1.82, 2.24) is 10.4 Å². The minimum atomic E-state index is -2.99. The maximum absolute atomic E-state index is 11.5. The molecule has 0 saturated carbocycles. The molecule has 0 fully saturated rings. The molecule has 0 saturated heterocycles. The molecule has 124 valence electrons. The number of hydrogen-bond donors (Lipinski definition) is 1. The number of hydrazine groups is 1. The van der Waals surface area contributed by atoms with Crippen molar-refractivity contribution in [3.8, 4) is 0 Å². The van der Waals surface area contributed by atoms with Gasteiger partial charge in [0.2, 0.25) is 0 Å².